The number of nitrogens with zero attached hydrogens (tertiary/aromatic N) is 1. The first-order valence-electron chi connectivity index (χ1n) is 29.4. The number of carbonyl (C=O) groups excluding carboxylic acids is 3. The first-order chi connectivity index (χ1) is 34.2. The van der Waals surface area contributed by atoms with Crippen molar-refractivity contribution in [1.82, 2.24) is 4.90 Å². The topological polar surface area (TPSA) is 82.1 Å². The van der Waals surface area contributed by atoms with Gasteiger partial charge in [0.25, 0.3) is 0 Å². The van der Waals surface area contributed by atoms with Crippen molar-refractivity contribution >= 4 is 17.9 Å². The molecule has 7 nitrogen and oxygen atoms in total. The molecule has 0 aliphatic carbocycles. The standard InChI is InChI=1S/C63H111NO6/c1-7-10-13-16-19-22-25-28-31-34-37-40-43-46-49-52-61(65)68-58(4)55-64(56-59(5)69-62(66)53-50-47-44-41-38-35-32-29-26-23-20-17-14-11-8-2)57-60(6)70-63(67)54-51-48-45-42-39-36-33-30-27-24-21-18-15-12-9-3/h19-24,28-33,58-60H,7-18,25-27,34-57H2,1-6H3/b22-19-,23-20-,24-21-,31-28-,32-29-,33-30-. The molecule has 0 aromatic heterocycles. The fourth-order valence-electron chi connectivity index (χ4n) is 8.52. The van der Waals surface area contributed by atoms with Gasteiger partial charge in [-0.3, -0.25) is 19.3 Å². The van der Waals surface area contributed by atoms with Gasteiger partial charge < -0.3 is 14.2 Å². The summed E-state index contributed by atoms with van der Waals surface area (Å²) in [5, 5.41) is 0. The highest BCUT2D eigenvalue weighted by Crippen LogP contribution is 2.14. The van der Waals surface area contributed by atoms with E-state index in [-0.39, 0.29) is 36.2 Å². The lowest BCUT2D eigenvalue weighted by Gasteiger charge is -2.30. The normalized spacial score (nSPS) is 13.6. The quantitative estimate of drug-likeness (QED) is 0.0260. The second-order valence-corrected chi connectivity index (χ2v) is 20.1. The van der Waals surface area contributed by atoms with E-state index < -0.39 is 0 Å². The van der Waals surface area contributed by atoms with Gasteiger partial charge in [-0.2, -0.15) is 0 Å². The largest absolute Gasteiger partial charge is 0.461 e. The van der Waals surface area contributed by atoms with E-state index in [4.69, 9.17) is 14.2 Å². The summed E-state index contributed by atoms with van der Waals surface area (Å²) in [5.41, 5.74) is 0. The molecule has 0 radical (unpaired) electrons. The van der Waals surface area contributed by atoms with E-state index in [9.17, 15) is 14.4 Å². The average Bonchev–Trinajstić information content (AvgIpc) is 3.32. The van der Waals surface area contributed by atoms with Crippen LogP contribution >= 0.6 is 0 Å². The van der Waals surface area contributed by atoms with Gasteiger partial charge in [0.15, 0.2) is 0 Å². The maximum Gasteiger partial charge on any atom is 0.306 e. The Morgan fingerprint density at radius 2 is 0.529 bits per heavy atom. The minimum Gasteiger partial charge on any atom is -0.461 e. The molecule has 0 heterocycles. The molecular weight excluding hydrogens is 867 g/mol. The van der Waals surface area contributed by atoms with E-state index in [0.717, 1.165) is 96.3 Å². The van der Waals surface area contributed by atoms with Crippen molar-refractivity contribution in [3.8, 4) is 0 Å². The summed E-state index contributed by atoms with van der Waals surface area (Å²) >= 11 is 0. The number of hydrogen-bond donors (Lipinski definition) is 0. The maximum atomic E-state index is 12.9. The number of hydrogen-bond acceptors (Lipinski definition) is 7. The van der Waals surface area contributed by atoms with Crippen molar-refractivity contribution in [2.75, 3.05) is 19.6 Å². The van der Waals surface area contributed by atoms with Crippen LogP contribution in [0.25, 0.3) is 0 Å². The van der Waals surface area contributed by atoms with Crippen LogP contribution in [0.1, 0.15) is 273 Å². The molecule has 0 amide bonds. The van der Waals surface area contributed by atoms with Crippen molar-refractivity contribution in [2.24, 2.45) is 0 Å². The van der Waals surface area contributed by atoms with Gasteiger partial charge in [0.05, 0.1) is 0 Å². The lowest BCUT2D eigenvalue weighted by atomic mass is 10.1. The molecule has 0 rings (SSSR count). The summed E-state index contributed by atoms with van der Waals surface area (Å²) in [5.74, 6) is -0.523. The predicted octanol–water partition coefficient (Wildman–Crippen LogP) is 18.5. The Kier molecular flexibility index (Phi) is 51.2. The van der Waals surface area contributed by atoms with E-state index in [1.807, 2.05) is 20.8 Å². The van der Waals surface area contributed by atoms with Gasteiger partial charge in [0, 0.05) is 38.9 Å². The zero-order chi connectivity index (χ0) is 51.2. The lowest BCUT2D eigenvalue weighted by Crippen LogP contribution is -2.43. The molecule has 3 unspecified atom stereocenters. The molecule has 0 N–H and O–H groups in total. The third kappa shape index (κ3) is 51.2. The number of ether oxygens (including phenoxy) is 3. The fourth-order valence-corrected chi connectivity index (χ4v) is 8.52. The van der Waals surface area contributed by atoms with Gasteiger partial charge in [0.2, 0.25) is 0 Å². The van der Waals surface area contributed by atoms with E-state index in [2.05, 4.69) is 98.6 Å². The van der Waals surface area contributed by atoms with Gasteiger partial charge in [0.1, 0.15) is 18.3 Å². The van der Waals surface area contributed by atoms with Gasteiger partial charge in [-0.05, 0) is 136 Å². The van der Waals surface area contributed by atoms with Crippen LogP contribution in [-0.4, -0.2) is 60.8 Å². The SMILES string of the molecule is CCCCC/C=C\C/C=C\CCCCCCCC(=O)OC(C)CN(CC(C)OC(=O)CCCCCCC/C=C\C/C=C\CCCCC)CC(C)OC(=O)CCCCCCC/C=C\C/C=C\CCCCC. The Morgan fingerprint density at radius 3 is 0.771 bits per heavy atom. The molecule has 0 bridgehead atoms. The molecule has 3 atom stereocenters. The molecule has 0 aromatic carbocycles. The molecule has 0 saturated carbocycles. The fraction of sp³-hybridized carbons (Fsp3) is 0.762. The highest BCUT2D eigenvalue weighted by Gasteiger charge is 2.22. The second kappa shape index (κ2) is 53.6. The summed E-state index contributed by atoms with van der Waals surface area (Å²) < 4.78 is 17.6. The molecule has 404 valence electrons. The minimum atomic E-state index is -0.350. The molecule has 0 saturated heterocycles. The van der Waals surface area contributed by atoms with E-state index in [1.165, 1.54) is 116 Å². The van der Waals surface area contributed by atoms with Crippen LogP contribution in [0, 0.1) is 0 Å². The first kappa shape index (κ1) is 66.8. The Balaban J connectivity index is 4.74. The summed E-state index contributed by atoms with van der Waals surface area (Å²) in [7, 11) is 0. The Morgan fingerprint density at radius 1 is 0.314 bits per heavy atom. The molecule has 0 aliphatic heterocycles. The third-order valence-electron chi connectivity index (χ3n) is 12.5. The van der Waals surface area contributed by atoms with E-state index >= 15 is 0 Å². The predicted molar refractivity (Wildman–Crippen MR) is 301 cm³/mol. The van der Waals surface area contributed by atoms with Crippen LogP contribution in [0.3, 0.4) is 0 Å². The Labute approximate surface area is 433 Å². The average molecular weight is 979 g/mol. The monoisotopic (exact) mass is 978 g/mol. The number of unbranched alkanes of at least 4 members (excludes halogenated alkanes) is 24. The smallest absolute Gasteiger partial charge is 0.306 e. The van der Waals surface area contributed by atoms with E-state index in [1.54, 1.807) is 0 Å². The van der Waals surface area contributed by atoms with Crippen LogP contribution in [0.4, 0.5) is 0 Å². The van der Waals surface area contributed by atoms with Crippen LogP contribution in [-0.2, 0) is 28.6 Å². The van der Waals surface area contributed by atoms with Gasteiger partial charge in [-0.1, -0.05) is 190 Å². The first-order valence-corrected chi connectivity index (χ1v) is 29.4. The molecule has 0 aliphatic rings. The highest BCUT2D eigenvalue weighted by atomic mass is 16.6. The molecule has 0 spiro atoms. The van der Waals surface area contributed by atoms with Crippen molar-refractivity contribution in [1.29, 1.82) is 0 Å². The number of allylic oxidation sites excluding steroid dienone is 12. The zero-order valence-corrected chi connectivity index (χ0v) is 46.6. The summed E-state index contributed by atoms with van der Waals surface area (Å²) in [6.07, 6.45) is 65.3. The highest BCUT2D eigenvalue weighted by molar-refractivity contribution is 5.70. The van der Waals surface area contributed by atoms with Crippen LogP contribution < -0.4 is 0 Å². The van der Waals surface area contributed by atoms with Crippen molar-refractivity contribution in [2.45, 2.75) is 291 Å². The molecule has 0 aromatic rings. The summed E-state index contributed by atoms with van der Waals surface area (Å²) in [4.78, 5) is 40.7. The number of carbonyl (C=O) groups is 3. The van der Waals surface area contributed by atoms with Crippen LogP contribution in [0.15, 0.2) is 72.9 Å². The zero-order valence-electron chi connectivity index (χ0n) is 46.6. The lowest BCUT2D eigenvalue weighted by molar-refractivity contribution is -0.151. The number of esters is 3. The second-order valence-electron chi connectivity index (χ2n) is 20.1. The Bertz CT molecular complexity index is 1200. The van der Waals surface area contributed by atoms with Crippen LogP contribution in [0.2, 0.25) is 0 Å². The van der Waals surface area contributed by atoms with Crippen molar-refractivity contribution < 1.29 is 28.6 Å². The molecular formula is C63H111NO6. The van der Waals surface area contributed by atoms with Gasteiger partial charge in [-0.25, -0.2) is 0 Å². The van der Waals surface area contributed by atoms with Crippen LogP contribution in [0.5, 0.6) is 0 Å². The minimum absolute atomic E-state index is 0.174. The summed E-state index contributed by atoms with van der Waals surface area (Å²) in [6.45, 7) is 13.9. The Hall–Kier alpha value is -3.19. The number of rotatable bonds is 51. The van der Waals surface area contributed by atoms with Gasteiger partial charge in [-0.15, -0.1) is 0 Å². The molecule has 7 heteroatoms. The molecule has 0 fully saturated rings. The summed E-state index contributed by atoms with van der Waals surface area (Å²) in [6, 6.07) is 0. The van der Waals surface area contributed by atoms with Gasteiger partial charge >= 0.3 is 17.9 Å². The third-order valence-corrected chi connectivity index (χ3v) is 12.5. The van der Waals surface area contributed by atoms with Crippen molar-refractivity contribution in [3.63, 3.8) is 0 Å². The maximum absolute atomic E-state index is 12.9. The molecule has 70 heavy (non-hydrogen) atoms. The van der Waals surface area contributed by atoms with E-state index in [0.29, 0.717) is 38.9 Å². The van der Waals surface area contributed by atoms with Crippen molar-refractivity contribution in [3.05, 3.63) is 72.9 Å².